The van der Waals surface area contributed by atoms with Crippen molar-refractivity contribution in [2.45, 2.75) is 6.61 Å². The zero-order valence-electron chi connectivity index (χ0n) is 17.8. The number of rotatable bonds is 8. The van der Waals surface area contributed by atoms with Crippen molar-refractivity contribution in [3.05, 3.63) is 66.0 Å². The average molecular weight is 432 g/mol. The molecule has 0 bridgehead atoms. The number of nitrogens with zero attached hydrogens (tertiary/aromatic N) is 2. The van der Waals surface area contributed by atoms with Gasteiger partial charge in [-0.3, -0.25) is 5.10 Å². The molecule has 0 saturated carbocycles. The molecule has 0 fully saturated rings. The van der Waals surface area contributed by atoms with Gasteiger partial charge in [0.15, 0.2) is 5.82 Å². The molecule has 0 atom stereocenters. The first kappa shape index (κ1) is 21.0. The summed E-state index contributed by atoms with van der Waals surface area (Å²) in [5, 5.41) is 20.9. The quantitative estimate of drug-likeness (QED) is 0.404. The molecule has 1 aliphatic heterocycles. The van der Waals surface area contributed by atoms with Gasteiger partial charge >= 0.3 is 0 Å². The Balaban J connectivity index is 1.54. The monoisotopic (exact) mass is 432 g/mol. The normalized spacial score (nSPS) is 12.8. The number of benzene rings is 2. The number of aromatic amines is 1. The molecule has 164 valence electrons. The number of aliphatic imine (C=N–C) groups is 1. The minimum Gasteiger partial charge on any atom is -0.497 e. The van der Waals surface area contributed by atoms with Crippen LogP contribution in [0, 0.1) is 5.41 Å². The summed E-state index contributed by atoms with van der Waals surface area (Å²) in [6.07, 6.45) is 2.82. The summed E-state index contributed by atoms with van der Waals surface area (Å²) in [5.74, 6) is 3.45. The highest BCUT2D eigenvalue weighted by Gasteiger charge is 2.17. The van der Waals surface area contributed by atoms with Crippen LogP contribution in [0.4, 0.5) is 5.82 Å². The van der Waals surface area contributed by atoms with Gasteiger partial charge in [0.2, 0.25) is 0 Å². The van der Waals surface area contributed by atoms with Crippen LogP contribution >= 0.6 is 0 Å². The van der Waals surface area contributed by atoms with Crippen LogP contribution < -0.4 is 24.8 Å². The first-order valence-electron chi connectivity index (χ1n) is 9.97. The molecule has 0 aliphatic carbocycles. The van der Waals surface area contributed by atoms with Crippen molar-refractivity contribution in [1.82, 2.24) is 15.5 Å². The molecule has 3 aromatic rings. The topological polar surface area (TPSA) is 117 Å². The van der Waals surface area contributed by atoms with Crippen LogP contribution in [0.5, 0.6) is 17.2 Å². The number of nitrogens with one attached hydrogen (secondary N) is 4. The largest absolute Gasteiger partial charge is 0.497 e. The fraction of sp³-hybridized carbons (Fsp3) is 0.174. The third-order valence-electron chi connectivity index (χ3n) is 4.86. The molecule has 0 unspecified atom stereocenters. The zero-order valence-corrected chi connectivity index (χ0v) is 17.8. The molecular formula is C23H24N6O3. The highest BCUT2D eigenvalue weighted by atomic mass is 16.5. The number of methoxy groups -OCH3 is 2. The Bertz CT molecular complexity index is 1150. The summed E-state index contributed by atoms with van der Waals surface area (Å²) in [7, 11) is 3.26. The lowest BCUT2D eigenvalue weighted by atomic mass is 10.1. The van der Waals surface area contributed by atoms with Crippen molar-refractivity contribution >= 4 is 17.9 Å². The number of amidine groups is 1. The van der Waals surface area contributed by atoms with Gasteiger partial charge in [0.05, 0.1) is 43.9 Å². The van der Waals surface area contributed by atoms with E-state index in [0.29, 0.717) is 42.0 Å². The Labute approximate surface area is 185 Å². The first-order chi connectivity index (χ1) is 15.7. The van der Waals surface area contributed by atoms with Crippen LogP contribution in [-0.2, 0) is 6.61 Å². The van der Waals surface area contributed by atoms with Gasteiger partial charge in [0, 0.05) is 12.3 Å². The summed E-state index contributed by atoms with van der Waals surface area (Å²) in [5.41, 5.74) is 3.20. The van der Waals surface area contributed by atoms with Crippen molar-refractivity contribution in [2.75, 3.05) is 26.1 Å². The Hall–Kier alpha value is -4.27. The van der Waals surface area contributed by atoms with E-state index in [9.17, 15) is 0 Å². The standard InChI is InChI=1S/C23H24N6O3/c1-30-17-8-6-15(7-9-17)14-32-20-5-3-4-19(31-2)23(20)18-10-21(29-28-18)27-22-13-25-16(11-24)12-26-22/h3-12,24-25H,13-14H2,1-2H3,(H2,26,27,28,29). The third-order valence-corrected chi connectivity index (χ3v) is 4.86. The van der Waals surface area contributed by atoms with Gasteiger partial charge in [-0.25, -0.2) is 4.99 Å². The first-order valence-corrected chi connectivity index (χ1v) is 9.97. The van der Waals surface area contributed by atoms with Crippen LogP contribution in [0.1, 0.15) is 5.56 Å². The Kier molecular flexibility index (Phi) is 6.35. The van der Waals surface area contributed by atoms with E-state index in [1.807, 2.05) is 48.5 Å². The molecule has 2 aromatic carbocycles. The summed E-state index contributed by atoms with van der Waals surface area (Å²) in [6, 6.07) is 15.3. The Morgan fingerprint density at radius 1 is 1.09 bits per heavy atom. The van der Waals surface area contributed by atoms with E-state index in [4.69, 9.17) is 19.6 Å². The second kappa shape index (κ2) is 9.69. The predicted molar refractivity (Wildman–Crippen MR) is 124 cm³/mol. The lowest BCUT2D eigenvalue weighted by Crippen LogP contribution is -2.31. The maximum absolute atomic E-state index is 7.26. The van der Waals surface area contributed by atoms with E-state index in [1.165, 1.54) is 6.21 Å². The molecule has 0 saturated heterocycles. The summed E-state index contributed by atoms with van der Waals surface area (Å²) in [4.78, 5) is 4.30. The molecule has 4 N–H and O–H groups in total. The number of H-pyrrole nitrogens is 1. The number of allylic oxidation sites excluding steroid dienone is 1. The second-order valence-electron chi connectivity index (χ2n) is 6.92. The Morgan fingerprint density at radius 3 is 2.59 bits per heavy atom. The van der Waals surface area contributed by atoms with E-state index in [0.717, 1.165) is 22.6 Å². The van der Waals surface area contributed by atoms with Gasteiger partial charge in [-0.05, 0) is 29.8 Å². The Morgan fingerprint density at radius 2 is 1.91 bits per heavy atom. The van der Waals surface area contributed by atoms with Gasteiger partial charge in [0.25, 0.3) is 0 Å². The van der Waals surface area contributed by atoms with Crippen LogP contribution in [0.3, 0.4) is 0 Å². The van der Waals surface area contributed by atoms with Crippen molar-refractivity contribution < 1.29 is 14.2 Å². The van der Waals surface area contributed by atoms with E-state index in [-0.39, 0.29) is 0 Å². The van der Waals surface area contributed by atoms with Crippen LogP contribution in [0.2, 0.25) is 0 Å². The molecule has 9 heteroatoms. The zero-order chi connectivity index (χ0) is 22.3. The van der Waals surface area contributed by atoms with E-state index >= 15 is 0 Å². The summed E-state index contributed by atoms with van der Waals surface area (Å²) in [6.45, 7) is 0.877. The molecule has 1 aliphatic rings. The molecule has 2 heterocycles. The highest BCUT2D eigenvalue weighted by Crippen LogP contribution is 2.38. The maximum Gasteiger partial charge on any atom is 0.153 e. The molecular weight excluding hydrogens is 408 g/mol. The highest BCUT2D eigenvalue weighted by molar-refractivity contribution is 5.98. The van der Waals surface area contributed by atoms with Crippen LogP contribution in [0.25, 0.3) is 11.3 Å². The summed E-state index contributed by atoms with van der Waals surface area (Å²) >= 11 is 0. The lowest BCUT2D eigenvalue weighted by molar-refractivity contribution is 0.305. The molecule has 32 heavy (non-hydrogen) atoms. The minimum absolute atomic E-state index is 0.396. The molecule has 0 amide bonds. The van der Waals surface area contributed by atoms with Crippen LogP contribution in [-0.4, -0.2) is 43.0 Å². The van der Waals surface area contributed by atoms with E-state index in [1.54, 1.807) is 20.4 Å². The second-order valence-corrected chi connectivity index (χ2v) is 6.92. The van der Waals surface area contributed by atoms with Crippen molar-refractivity contribution in [2.24, 2.45) is 4.99 Å². The van der Waals surface area contributed by atoms with Gasteiger partial charge < -0.3 is 30.3 Å². The van der Waals surface area contributed by atoms with Crippen molar-refractivity contribution in [3.8, 4) is 28.5 Å². The average Bonchev–Trinajstić information content (AvgIpc) is 3.31. The minimum atomic E-state index is 0.396. The third kappa shape index (κ3) is 4.72. The maximum atomic E-state index is 7.26. The number of hydrogen-bond acceptors (Lipinski definition) is 8. The fourth-order valence-electron chi connectivity index (χ4n) is 3.20. The van der Waals surface area contributed by atoms with Gasteiger partial charge in [0.1, 0.15) is 29.7 Å². The van der Waals surface area contributed by atoms with Crippen molar-refractivity contribution in [3.63, 3.8) is 0 Å². The van der Waals surface area contributed by atoms with Crippen LogP contribution in [0.15, 0.2) is 65.4 Å². The number of hydrogen-bond donors (Lipinski definition) is 4. The SMILES string of the molecule is COc1ccc(COc2cccc(OC)c2-c2cc(NC3=NC=C(C=N)NC3)n[nH]2)cc1. The van der Waals surface area contributed by atoms with Crippen molar-refractivity contribution in [1.29, 1.82) is 5.41 Å². The number of anilines is 1. The number of ether oxygens (including phenoxy) is 3. The van der Waals surface area contributed by atoms with E-state index < -0.39 is 0 Å². The van der Waals surface area contributed by atoms with Gasteiger partial charge in [-0.15, -0.1) is 0 Å². The van der Waals surface area contributed by atoms with E-state index in [2.05, 4.69) is 25.8 Å². The van der Waals surface area contributed by atoms with Gasteiger partial charge in [-0.2, -0.15) is 5.10 Å². The molecule has 0 spiro atoms. The fourth-order valence-corrected chi connectivity index (χ4v) is 3.20. The van der Waals surface area contributed by atoms with Gasteiger partial charge in [-0.1, -0.05) is 18.2 Å². The number of aromatic nitrogens is 2. The lowest BCUT2D eigenvalue weighted by Gasteiger charge is -2.14. The molecule has 1 aromatic heterocycles. The predicted octanol–water partition coefficient (Wildman–Crippen LogP) is 3.58. The smallest absolute Gasteiger partial charge is 0.153 e. The molecule has 9 nitrogen and oxygen atoms in total. The molecule has 4 rings (SSSR count). The summed E-state index contributed by atoms with van der Waals surface area (Å²) < 4.78 is 16.9. The molecule has 0 radical (unpaired) electrons.